The minimum atomic E-state index is 0.533. The second-order valence-electron chi connectivity index (χ2n) is 5.70. The third-order valence-corrected chi connectivity index (χ3v) is 5.88. The van der Waals surface area contributed by atoms with Crippen LogP contribution in [0, 0.1) is 0 Å². The highest BCUT2D eigenvalue weighted by Gasteiger charge is 2.24. The van der Waals surface area contributed by atoms with Crippen molar-refractivity contribution in [3.05, 3.63) is 69.5 Å². The summed E-state index contributed by atoms with van der Waals surface area (Å²) in [5, 5.41) is 3.96. The van der Waals surface area contributed by atoms with Crippen LogP contribution in [0.15, 0.2) is 42.7 Å². The van der Waals surface area contributed by atoms with Crippen molar-refractivity contribution < 1.29 is 0 Å². The van der Waals surface area contributed by atoms with E-state index in [1.807, 2.05) is 31.4 Å². The number of halogens is 2. The van der Waals surface area contributed by atoms with Gasteiger partial charge in [0.25, 0.3) is 0 Å². The van der Waals surface area contributed by atoms with Crippen LogP contribution in [-0.4, -0.2) is 26.4 Å². The largest absolute Gasteiger partial charge is 0.365 e. The Morgan fingerprint density at radius 3 is 2.74 bits per heavy atom. The molecule has 1 aromatic carbocycles. The Hall–Kier alpha value is -1.95. The lowest BCUT2D eigenvalue weighted by atomic mass is 10.0. The molecule has 7 heteroatoms. The molecular formula is C20H20Cl2N4S. The summed E-state index contributed by atoms with van der Waals surface area (Å²) >= 11 is 14.1. The molecule has 1 aliphatic heterocycles. The minimum absolute atomic E-state index is 0.533. The van der Waals surface area contributed by atoms with Crippen LogP contribution in [0.1, 0.15) is 30.7 Å². The van der Waals surface area contributed by atoms with Gasteiger partial charge in [-0.2, -0.15) is 0 Å². The lowest BCUT2D eigenvalue weighted by Gasteiger charge is -2.32. The molecule has 0 spiro atoms. The van der Waals surface area contributed by atoms with Gasteiger partial charge >= 0.3 is 0 Å². The van der Waals surface area contributed by atoms with E-state index in [1.165, 1.54) is 5.56 Å². The van der Waals surface area contributed by atoms with Gasteiger partial charge in [-0.05, 0) is 12.5 Å². The molecular weight excluding hydrogens is 399 g/mol. The van der Waals surface area contributed by atoms with Crippen LogP contribution in [0.5, 0.6) is 0 Å². The van der Waals surface area contributed by atoms with E-state index >= 15 is 0 Å². The van der Waals surface area contributed by atoms with Gasteiger partial charge in [0.15, 0.2) is 0 Å². The van der Waals surface area contributed by atoms with Gasteiger partial charge in [-0.15, -0.1) is 11.3 Å². The van der Waals surface area contributed by atoms with Crippen molar-refractivity contribution >= 4 is 40.2 Å². The fourth-order valence-electron chi connectivity index (χ4n) is 3.01. The van der Waals surface area contributed by atoms with Crippen LogP contribution < -0.4 is 0 Å². The molecule has 0 aliphatic carbocycles. The highest BCUT2D eigenvalue weighted by molar-refractivity contribution is 7.13. The molecule has 140 valence electrons. The predicted molar refractivity (Wildman–Crippen MR) is 114 cm³/mol. The van der Waals surface area contributed by atoms with Gasteiger partial charge < -0.3 is 4.90 Å². The fraction of sp³-hybridized carbons (Fsp3) is 0.250. The second-order valence-corrected chi connectivity index (χ2v) is 7.38. The maximum Gasteiger partial charge on any atom is 0.142 e. The van der Waals surface area contributed by atoms with E-state index in [0.29, 0.717) is 16.6 Å². The highest BCUT2D eigenvalue weighted by atomic mass is 35.5. The number of nitrogens with zero attached hydrogens (tertiary/aromatic N) is 4. The summed E-state index contributed by atoms with van der Waals surface area (Å²) in [4.78, 5) is 15.5. The maximum absolute atomic E-state index is 6.35. The maximum atomic E-state index is 6.35. The molecule has 2 aromatic heterocycles. The number of rotatable bonds is 3. The second kappa shape index (κ2) is 8.83. The number of benzene rings is 1. The number of hydrogen-bond donors (Lipinski definition) is 0. The van der Waals surface area contributed by atoms with Crippen LogP contribution in [0.25, 0.3) is 16.4 Å². The first kappa shape index (κ1) is 19.8. The first-order valence-electron chi connectivity index (χ1n) is 8.76. The van der Waals surface area contributed by atoms with Gasteiger partial charge in [-0.25, -0.2) is 15.0 Å². The number of fused-ring (bicyclic) bond motifs is 1. The van der Waals surface area contributed by atoms with Crippen molar-refractivity contribution in [1.82, 2.24) is 19.9 Å². The topological polar surface area (TPSA) is 41.9 Å². The molecule has 0 atom stereocenters. The SMILES string of the molecule is C=C(c1cccc(Cl)c1Cl)N1CCc2c(ncnc2-c2nccs2)C1.CC. The Morgan fingerprint density at radius 1 is 1.19 bits per heavy atom. The molecule has 0 saturated carbocycles. The summed E-state index contributed by atoms with van der Waals surface area (Å²) in [7, 11) is 0. The molecule has 4 nitrogen and oxygen atoms in total. The summed E-state index contributed by atoms with van der Waals surface area (Å²) in [6.07, 6.45) is 4.24. The molecule has 27 heavy (non-hydrogen) atoms. The molecule has 0 unspecified atom stereocenters. The van der Waals surface area contributed by atoms with Crippen molar-refractivity contribution in [1.29, 1.82) is 0 Å². The average molecular weight is 419 g/mol. The number of hydrogen-bond acceptors (Lipinski definition) is 5. The molecule has 0 amide bonds. The van der Waals surface area contributed by atoms with Crippen molar-refractivity contribution in [3.8, 4) is 10.7 Å². The van der Waals surface area contributed by atoms with Gasteiger partial charge in [0.1, 0.15) is 17.0 Å². The van der Waals surface area contributed by atoms with E-state index in [1.54, 1.807) is 29.9 Å². The third kappa shape index (κ3) is 4.00. The Kier molecular flexibility index (Phi) is 6.47. The summed E-state index contributed by atoms with van der Waals surface area (Å²) in [5.41, 5.74) is 4.81. The van der Waals surface area contributed by atoms with Crippen LogP contribution >= 0.6 is 34.5 Å². The van der Waals surface area contributed by atoms with Crippen LogP contribution in [0.4, 0.5) is 0 Å². The van der Waals surface area contributed by atoms with Crippen LogP contribution in [0.3, 0.4) is 0 Å². The van der Waals surface area contributed by atoms with E-state index < -0.39 is 0 Å². The van der Waals surface area contributed by atoms with Crippen LogP contribution in [-0.2, 0) is 13.0 Å². The lowest BCUT2D eigenvalue weighted by molar-refractivity contribution is 0.367. The van der Waals surface area contributed by atoms with Crippen molar-refractivity contribution in [3.63, 3.8) is 0 Å². The van der Waals surface area contributed by atoms with Gasteiger partial charge in [-0.1, -0.05) is 55.8 Å². The molecule has 0 radical (unpaired) electrons. The number of aromatic nitrogens is 3. The molecule has 0 fully saturated rings. The van der Waals surface area contributed by atoms with Crippen LogP contribution in [0.2, 0.25) is 10.0 Å². The van der Waals surface area contributed by atoms with Gasteiger partial charge in [0, 0.05) is 34.9 Å². The van der Waals surface area contributed by atoms with E-state index in [0.717, 1.165) is 40.6 Å². The summed E-state index contributed by atoms with van der Waals surface area (Å²) in [6, 6.07) is 5.60. The quantitative estimate of drug-likeness (QED) is 0.525. The standard InChI is InChI=1S/C18H14Cl2N4S.C2H6/c1-11(12-3-2-4-14(19)16(12)20)24-7-5-13-15(9-24)22-10-23-17(13)18-21-6-8-25-18;1-2/h2-4,6,8,10H,1,5,7,9H2;1-2H3. The Balaban J connectivity index is 0.00000102. The zero-order chi connectivity index (χ0) is 19.4. The molecule has 4 rings (SSSR count). The lowest BCUT2D eigenvalue weighted by Crippen LogP contribution is -2.30. The smallest absolute Gasteiger partial charge is 0.142 e. The molecule has 0 bridgehead atoms. The van der Waals surface area contributed by atoms with E-state index in [9.17, 15) is 0 Å². The van der Waals surface area contributed by atoms with E-state index in [4.69, 9.17) is 23.2 Å². The zero-order valence-electron chi connectivity index (χ0n) is 15.2. The third-order valence-electron chi connectivity index (χ3n) is 4.29. The summed E-state index contributed by atoms with van der Waals surface area (Å²) in [5.74, 6) is 0. The van der Waals surface area contributed by atoms with E-state index in [-0.39, 0.29) is 0 Å². The molecule has 3 aromatic rings. The van der Waals surface area contributed by atoms with Crippen molar-refractivity contribution in [2.75, 3.05) is 6.54 Å². The molecule has 0 saturated heterocycles. The molecule has 3 heterocycles. The predicted octanol–water partition coefficient (Wildman–Crippen LogP) is 5.96. The Labute approximate surface area is 173 Å². The summed E-state index contributed by atoms with van der Waals surface area (Å²) < 4.78 is 0. The number of thiazole rings is 1. The fourth-order valence-corrected chi connectivity index (χ4v) is 4.08. The summed E-state index contributed by atoms with van der Waals surface area (Å²) in [6.45, 7) is 9.71. The Morgan fingerprint density at radius 2 is 2.00 bits per heavy atom. The average Bonchev–Trinajstić information content (AvgIpc) is 3.25. The molecule has 0 N–H and O–H groups in total. The first-order chi connectivity index (χ1) is 13.1. The zero-order valence-corrected chi connectivity index (χ0v) is 17.6. The van der Waals surface area contributed by atoms with Gasteiger partial charge in [0.2, 0.25) is 0 Å². The molecule has 1 aliphatic rings. The monoisotopic (exact) mass is 418 g/mol. The first-order valence-corrected chi connectivity index (χ1v) is 10.4. The van der Waals surface area contributed by atoms with Crippen molar-refractivity contribution in [2.45, 2.75) is 26.8 Å². The van der Waals surface area contributed by atoms with Gasteiger partial charge in [0.05, 0.1) is 22.3 Å². The minimum Gasteiger partial charge on any atom is -0.365 e. The normalized spacial score (nSPS) is 12.8. The highest BCUT2D eigenvalue weighted by Crippen LogP contribution is 2.35. The van der Waals surface area contributed by atoms with Gasteiger partial charge in [-0.3, -0.25) is 0 Å². The Bertz CT molecular complexity index is 941. The van der Waals surface area contributed by atoms with Crippen molar-refractivity contribution in [2.24, 2.45) is 0 Å². The van der Waals surface area contributed by atoms with E-state index in [2.05, 4.69) is 26.4 Å².